The highest BCUT2D eigenvalue weighted by atomic mass is 35.5. The molecule has 80 valence electrons. The molecule has 2 nitrogen and oxygen atoms in total. The Bertz CT molecular complexity index is 122. The third-order valence-electron chi connectivity index (χ3n) is 2.26. The van der Waals surface area contributed by atoms with E-state index in [9.17, 15) is 0 Å². The van der Waals surface area contributed by atoms with E-state index in [1.807, 2.05) is 0 Å². The highest BCUT2D eigenvalue weighted by Gasteiger charge is 2.14. The van der Waals surface area contributed by atoms with Gasteiger partial charge in [-0.1, -0.05) is 13.8 Å². The first kappa shape index (κ1) is 13.2. The SMILES string of the molecule is CCN(CC)CCNC(C)(C)CCl. The van der Waals surface area contributed by atoms with Gasteiger partial charge in [0.1, 0.15) is 0 Å². The molecule has 3 heteroatoms. The maximum absolute atomic E-state index is 5.80. The van der Waals surface area contributed by atoms with Crippen molar-refractivity contribution >= 4 is 11.6 Å². The smallest absolute Gasteiger partial charge is 0.0400 e. The summed E-state index contributed by atoms with van der Waals surface area (Å²) in [5, 5.41) is 3.43. The van der Waals surface area contributed by atoms with Crippen molar-refractivity contribution in [1.82, 2.24) is 10.2 Å². The predicted molar refractivity (Wildman–Crippen MR) is 60.6 cm³/mol. The second-order valence-corrected chi connectivity index (χ2v) is 4.24. The lowest BCUT2D eigenvalue weighted by atomic mass is 10.1. The van der Waals surface area contributed by atoms with Crippen molar-refractivity contribution in [3.05, 3.63) is 0 Å². The number of alkyl halides is 1. The first-order chi connectivity index (χ1) is 6.05. The van der Waals surface area contributed by atoms with E-state index >= 15 is 0 Å². The number of hydrogen-bond donors (Lipinski definition) is 1. The summed E-state index contributed by atoms with van der Waals surface area (Å²) in [6.07, 6.45) is 0. The monoisotopic (exact) mass is 206 g/mol. The molecule has 0 heterocycles. The number of likely N-dealkylation sites (N-methyl/N-ethyl adjacent to an activating group) is 1. The van der Waals surface area contributed by atoms with Crippen LogP contribution in [0.3, 0.4) is 0 Å². The molecule has 0 spiro atoms. The molecule has 0 saturated heterocycles. The Labute approximate surface area is 87.6 Å². The summed E-state index contributed by atoms with van der Waals surface area (Å²) in [5.41, 5.74) is 0.0642. The molecule has 0 amide bonds. The molecule has 0 rings (SSSR count). The van der Waals surface area contributed by atoms with Crippen molar-refractivity contribution in [3.63, 3.8) is 0 Å². The molecule has 0 atom stereocenters. The van der Waals surface area contributed by atoms with Gasteiger partial charge in [-0.3, -0.25) is 0 Å². The fourth-order valence-electron chi connectivity index (χ4n) is 1.14. The van der Waals surface area contributed by atoms with Crippen LogP contribution in [0.1, 0.15) is 27.7 Å². The minimum Gasteiger partial charge on any atom is -0.309 e. The molecule has 0 saturated carbocycles. The summed E-state index contributed by atoms with van der Waals surface area (Å²) in [5.74, 6) is 0.658. The van der Waals surface area contributed by atoms with Crippen molar-refractivity contribution in [2.75, 3.05) is 32.1 Å². The first-order valence-corrected chi connectivity index (χ1v) is 5.62. The van der Waals surface area contributed by atoms with Gasteiger partial charge < -0.3 is 10.2 Å². The van der Waals surface area contributed by atoms with E-state index in [-0.39, 0.29) is 5.54 Å². The standard InChI is InChI=1S/C10H23ClN2/c1-5-13(6-2)8-7-12-10(3,4)9-11/h12H,5-9H2,1-4H3. The van der Waals surface area contributed by atoms with Crippen LogP contribution in [0.15, 0.2) is 0 Å². The highest BCUT2D eigenvalue weighted by Crippen LogP contribution is 2.03. The zero-order chi connectivity index (χ0) is 10.3. The van der Waals surface area contributed by atoms with Gasteiger partial charge >= 0.3 is 0 Å². The zero-order valence-electron chi connectivity index (χ0n) is 9.36. The van der Waals surface area contributed by atoms with Crippen LogP contribution in [0.5, 0.6) is 0 Å². The summed E-state index contributed by atoms with van der Waals surface area (Å²) >= 11 is 5.80. The number of nitrogens with one attached hydrogen (secondary N) is 1. The van der Waals surface area contributed by atoms with Gasteiger partial charge in [0.2, 0.25) is 0 Å². The van der Waals surface area contributed by atoms with Gasteiger partial charge in [0, 0.05) is 24.5 Å². The van der Waals surface area contributed by atoms with Gasteiger partial charge in [-0.15, -0.1) is 11.6 Å². The average molecular weight is 207 g/mol. The van der Waals surface area contributed by atoms with Crippen LogP contribution in [0.4, 0.5) is 0 Å². The van der Waals surface area contributed by atoms with E-state index in [0.717, 1.165) is 26.2 Å². The van der Waals surface area contributed by atoms with Crippen molar-refractivity contribution in [3.8, 4) is 0 Å². The topological polar surface area (TPSA) is 15.3 Å². The quantitative estimate of drug-likeness (QED) is 0.641. The van der Waals surface area contributed by atoms with Gasteiger partial charge in [-0.2, -0.15) is 0 Å². The van der Waals surface area contributed by atoms with Gasteiger partial charge in [0.15, 0.2) is 0 Å². The molecule has 0 aromatic rings. The van der Waals surface area contributed by atoms with Crippen molar-refractivity contribution < 1.29 is 0 Å². The molecule has 0 radical (unpaired) electrons. The normalized spacial score (nSPS) is 12.5. The van der Waals surface area contributed by atoms with E-state index in [2.05, 4.69) is 37.9 Å². The molecular formula is C10H23ClN2. The molecular weight excluding hydrogens is 184 g/mol. The molecule has 13 heavy (non-hydrogen) atoms. The Kier molecular flexibility index (Phi) is 6.74. The van der Waals surface area contributed by atoms with Crippen LogP contribution in [0.2, 0.25) is 0 Å². The van der Waals surface area contributed by atoms with Crippen molar-refractivity contribution in [2.24, 2.45) is 0 Å². The molecule has 0 fully saturated rings. The lowest BCUT2D eigenvalue weighted by molar-refractivity contribution is 0.286. The van der Waals surface area contributed by atoms with Crippen molar-refractivity contribution in [1.29, 1.82) is 0 Å². The van der Waals surface area contributed by atoms with E-state index in [0.29, 0.717) is 5.88 Å². The number of hydrogen-bond acceptors (Lipinski definition) is 2. The van der Waals surface area contributed by atoms with Crippen LogP contribution >= 0.6 is 11.6 Å². The lowest BCUT2D eigenvalue weighted by Crippen LogP contribution is -2.44. The Morgan fingerprint density at radius 2 is 1.77 bits per heavy atom. The first-order valence-electron chi connectivity index (χ1n) is 5.09. The van der Waals surface area contributed by atoms with Crippen LogP contribution in [-0.4, -0.2) is 42.5 Å². The molecule has 0 bridgehead atoms. The Morgan fingerprint density at radius 1 is 1.23 bits per heavy atom. The fourth-order valence-corrected chi connectivity index (χ4v) is 1.23. The number of rotatable bonds is 7. The minimum atomic E-state index is 0.0642. The fraction of sp³-hybridized carbons (Fsp3) is 1.00. The van der Waals surface area contributed by atoms with E-state index < -0.39 is 0 Å². The van der Waals surface area contributed by atoms with Crippen LogP contribution < -0.4 is 5.32 Å². The molecule has 0 aliphatic rings. The molecule has 0 aliphatic carbocycles. The Morgan fingerprint density at radius 3 is 2.15 bits per heavy atom. The van der Waals surface area contributed by atoms with Crippen LogP contribution in [0.25, 0.3) is 0 Å². The maximum atomic E-state index is 5.80. The predicted octanol–water partition coefficient (Wildman–Crippen LogP) is 1.94. The highest BCUT2D eigenvalue weighted by molar-refractivity contribution is 6.18. The third kappa shape index (κ3) is 6.30. The Balaban J connectivity index is 3.54. The van der Waals surface area contributed by atoms with E-state index in [4.69, 9.17) is 11.6 Å². The summed E-state index contributed by atoms with van der Waals surface area (Å²) in [7, 11) is 0. The molecule has 0 aromatic heterocycles. The number of nitrogens with zero attached hydrogens (tertiary/aromatic N) is 1. The van der Waals surface area contributed by atoms with Crippen LogP contribution in [-0.2, 0) is 0 Å². The molecule has 0 aromatic carbocycles. The molecule has 1 N–H and O–H groups in total. The van der Waals surface area contributed by atoms with E-state index in [1.54, 1.807) is 0 Å². The molecule has 0 unspecified atom stereocenters. The Hall–Kier alpha value is 0.210. The maximum Gasteiger partial charge on any atom is 0.0400 e. The third-order valence-corrected chi connectivity index (χ3v) is 2.93. The van der Waals surface area contributed by atoms with E-state index in [1.165, 1.54) is 0 Å². The van der Waals surface area contributed by atoms with Gasteiger partial charge in [0.25, 0.3) is 0 Å². The van der Waals surface area contributed by atoms with Gasteiger partial charge in [-0.05, 0) is 26.9 Å². The second-order valence-electron chi connectivity index (χ2n) is 3.97. The zero-order valence-corrected chi connectivity index (χ0v) is 10.1. The molecule has 0 aliphatic heterocycles. The van der Waals surface area contributed by atoms with Gasteiger partial charge in [-0.25, -0.2) is 0 Å². The largest absolute Gasteiger partial charge is 0.309 e. The summed E-state index contributed by atoms with van der Waals surface area (Å²) in [6, 6.07) is 0. The second kappa shape index (κ2) is 6.63. The van der Waals surface area contributed by atoms with Crippen LogP contribution in [0, 0.1) is 0 Å². The number of halogens is 1. The summed E-state index contributed by atoms with van der Waals surface area (Å²) < 4.78 is 0. The van der Waals surface area contributed by atoms with Crippen molar-refractivity contribution in [2.45, 2.75) is 33.2 Å². The summed E-state index contributed by atoms with van der Waals surface area (Å²) in [4.78, 5) is 2.40. The average Bonchev–Trinajstić information content (AvgIpc) is 2.12. The lowest BCUT2D eigenvalue weighted by Gasteiger charge is -2.26. The van der Waals surface area contributed by atoms with Gasteiger partial charge in [0.05, 0.1) is 0 Å². The minimum absolute atomic E-state index is 0.0642. The summed E-state index contributed by atoms with van der Waals surface area (Å²) in [6.45, 7) is 13.0.